The minimum atomic E-state index is -0.527. The molecule has 0 amide bonds. The summed E-state index contributed by atoms with van der Waals surface area (Å²) in [6, 6.07) is 3.66. The monoisotopic (exact) mass is 189 g/mol. The van der Waals surface area contributed by atoms with Crippen LogP contribution in [0.15, 0.2) is 37.1 Å². The normalized spacial score (nSPS) is 12.7. The Morgan fingerprint density at radius 3 is 2.93 bits per heavy atom. The van der Waals surface area contributed by atoms with E-state index in [0.29, 0.717) is 0 Å². The van der Waals surface area contributed by atoms with Gasteiger partial charge < -0.3 is 5.11 Å². The standard InChI is InChI=1S/C10H11N3O/c1-8(14)9-3-2-4-12-10(9)13-6-5-11-7-13/h2-8,14H,1H3/t8-/m0/s1. The third kappa shape index (κ3) is 1.52. The number of hydrogen-bond donors (Lipinski definition) is 1. The maximum absolute atomic E-state index is 9.53. The molecular weight excluding hydrogens is 178 g/mol. The van der Waals surface area contributed by atoms with E-state index in [-0.39, 0.29) is 0 Å². The quantitative estimate of drug-likeness (QED) is 0.775. The number of rotatable bonds is 2. The highest BCUT2D eigenvalue weighted by Gasteiger charge is 2.09. The molecule has 1 atom stereocenters. The van der Waals surface area contributed by atoms with Crippen molar-refractivity contribution in [3.8, 4) is 5.82 Å². The van der Waals surface area contributed by atoms with E-state index in [1.165, 1.54) is 0 Å². The van der Waals surface area contributed by atoms with Crippen molar-refractivity contribution in [2.75, 3.05) is 0 Å². The van der Waals surface area contributed by atoms with E-state index in [1.54, 1.807) is 36.4 Å². The van der Waals surface area contributed by atoms with Crippen molar-refractivity contribution >= 4 is 0 Å². The molecule has 0 unspecified atom stereocenters. The van der Waals surface area contributed by atoms with Gasteiger partial charge in [0, 0.05) is 24.2 Å². The largest absolute Gasteiger partial charge is 0.389 e. The Morgan fingerprint density at radius 1 is 1.43 bits per heavy atom. The molecule has 0 aliphatic rings. The van der Waals surface area contributed by atoms with Crippen molar-refractivity contribution < 1.29 is 5.11 Å². The Morgan fingerprint density at radius 2 is 2.29 bits per heavy atom. The molecule has 0 aromatic carbocycles. The van der Waals surface area contributed by atoms with Gasteiger partial charge in [-0.1, -0.05) is 6.07 Å². The number of hydrogen-bond acceptors (Lipinski definition) is 3. The summed E-state index contributed by atoms with van der Waals surface area (Å²) < 4.78 is 1.78. The lowest BCUT2D eigenvalue weighted by molar-refractivity contribution is 0.198. The highest BCUT2D eigenvalue weighted by molar-refractivity contribution is 5.34. The number of aliphatic hydroxyl groups is 1. The Labute approximate surface area is 81.9 Å². The molecule has 4 nitrogen and oxygen atoms in total. The molecule has 2 aromatic heterocycles. The molecule has 2 rings (SSSR count). The molecular formula is C10H11N3O. The van der Waals surface area contributed by atoms with Crippen LogP contribution in [-0.4, -0.2) is 19.6 Å². The minimum absolute atomic E-state index is 0.527. The lowest BCUT2D eigenvalue weighted by atomic mass is 10.1. The fourth-order valence-electron chi connectivity index (χ4n) is 1.34. The summed E-state index contributed by atoms with van der Waals surface area (Å²) in [4.78, 5) is 8.15. The van der Waals surface area contributed by atoms with E-state index in [9.17, 15) is 5.11 Å². The van der Waals surface area contributed by atoms with Crippen LogP contribution in [0.25, 0.3) is 5.82 Å². The highest BCUT2D eigenvalue weighted by Crippen LogP contribution is 2.18. The lowest BCUT2D eigenvalue weighted by Crippen LogP contribution is -2.03. The van der Waals surface area contributed by atoms with Crippen molar-refractivity contribution in [2.24, 2.45) is 0 Å². The zero-order chi connectivity index (χ0) is 9.97. The number of pyridine rings is 1. The SMILES string of the molecule is C[C@H](O)c1cccnc1-n1ccnc1. The number of aromatic nitrogens is 3. The first-order chi connectivity index (χ1) is 6.79. The van der Waals surface area contributed by atoms with Crippen LogP contribution in [0.1, 0.15) is 18.6 Å². The molecule has 0 saturated carbocycles. The third-order valence-electron chi connectivity index (χ3n) is 2.02. The van der Waals surface area contributed by atoms with Gasteiger partial charge in [-0.2, -0.15) is 0 Å². The molecule has 0 spiro atoms. The lowest BCUT2D eigenvalue weighted by Gasteiger charge is -2.10. The van der Waals surface area contributed by atoms with Crippen LogP contribution in [0.2, 0.25) is 0 Å². The first kappa shape index (κ1) is 8.90. The van der Waals surface area contributed by atoms with Crippen LogP contribution in [0, 0.1) is 0 Å². The fourth-order valence-corrected chi connectivity index (χ4v) is 1.34. The molecule has 1 N–H and O–H groups in total. The van der Waals surface area contributed by atoms with Gasteiger partial charge in [0.05, 0.1) is 6.10 Å². The van der Waals surface area contributed by atoms with E-state index in [4.69, 9.17) is 0 Å². The molecule has 2 heterocycles. The first-order valence-corrected chi connectivity index (χ1v) is 4.40. The number of imidazole rings is 1. The summed E-state index contributed by atoms with van der Waals surface area (Å²) in [6.07, 6.45) is 6.31. The zero-order valence-corrected chi connectivity index (χ0v) is 7.83. The van der Waals surface area contributed by atoms with E-state index in [1.807, 2.05) is 12.1 Å². The summed E-state index contributed by atoms with van der Waals surface area (Å²) in [5, 5.41) is 9.53. The van der Waals surface area contributed by atoms with Gasteiger partial charge in [0.2, 0.25) is 0 Å². The van der Waals surface area contributed by atoms with Gasteiger partial charge in [-0.05, 0) is 13.0 Å². The second kappa shape index (κ2) is 3.59. The van der Waals surface area contributed by atoms with Crippen LogP contribution in [0.3, 0.4) is 0 Å². The molecule has 0 aliphatic carbocycles. The maximum atomic E-state index is 9.53. The molecule has 0 aliphatic heterocycles. The van der Waals surface area contributed by atoms with Gasteiger partial charge in [-0.15, -0.1) is 0 Å². The molecule has 72 valence electrons. The number of aliphatic hydroxyl groups excluding tert-OH is 1. The van der Waals surface area contributed by atoms with Crippen LogP contribution in [0.4, 0.5) is 0 Å². The molecule has 14 heavy (non-hydrogen) atoms. The van der Waals surface area contributed by atoms with E-state index in [2.05, 4.69) is 9.97 Å². The van der Waals surface area contributed by atoms with E-state index >= 15 is 0 Å². The predicted molar refractivity (Wildman–Crippen MR) is 52.0 cm³/mol. The molecule has 0 bridgehead atoms. The maximum Gasteiger partial charge on any atom is 0.143 e. The van der Waals surface area contributed by atoms with Gasteiger partial charge in [-0.3, -0.25) is 4.57 Å². The van der Waals surface area contributed by atoms with Crippen LogP contribution < -0.4 is 0 Å². The summed E-state index contributed by atoms with van der Waals surface area (Å²) >= 11 is 0. The predicted octanol–water partition coefficient (Wildman–Crippen LogP) is 1.32. The summed E-state index contributed by atoms with van der Waals surface area (Å²) in [6.45, 7) is 1.72. The Bertz CT molecular complexity index is 409. The topological polar surface area (TPSA) is 50.9 Å². The second-order valence-electron chi connectivity index (χ2n) is 3.06. The molecule has 4 heteroatoms. The minimum Gasteiger partial charge on any atom is -0.389 e. The van der Waals surface area contributed by atoms with Crippen molar-refractivity contribution in [2.45, 2.75) is 13.0 Å². The van der Waals surface area contributed by atoms with Gasteiger partial charge in [0.15, 0.2) is 0 Å². The third-order valence-corrected chi connectivity index (χ3v) is 2.02. The fraction of sp³-hybridized carbons (Fsp3) is 0.200. The summed E-state index contributed by atoms with van der Waals surface area (Å²) in [5.74, 6) is 0.722. The van der Waals surface area contributed by atoms with Crippen molar-refractivity contribution in [1.29, 1.82) is 0 Å². The Balaban J connectivity index is 2.53. The Kier molecular flexibility index (Phi) is 2.28. The Hall–Kier alpha value is -1.68. The van der Waals surface area contributed by atoms with Crippen molar-refractivity contribution in [1.82, 2.24) is 14.5 Å². The second-order valence-corrected chi connectivity index (χ2v) is 3.06. The van der Waals surface area contributed by atoms with Crippen molar-refractivity contribution in [3.63, 3.8) is 0 Å². The van der Waals surface area contributed by atoms with Gasteiger partial charge in [0.1, 0.15) is 12.1 Å². The summed E-state index contributed by atoms with van der Waals surface area (Å²) in [5.41, 5.74) is 0.797. The van der Waals surface area contributed by atoms with Crippen LogP contribution in [-0.2, 0) is 0 Å². The average Bonchev–Trinajstić information content (AvgIpc) is 2.70. The first-order valence-electron chi connectivity index (χ1n) is 4.40. The smallest absolute Gasteiger partial charge is 0.143 e. The molecule has 0 saturated heterocycles. The van der Waals surface area contributed by atoms with E-state index in [0.717, 1.165) is 11.4 Å². The zero-order valence-electron chi connectivity index (χ0n) is 7.83. The van der Waals surface area contributed by atoms with Crippen LogP contribution >= 0.6 is 0 Å². The highest BCUT2D eigenvalue weighted by atomic mass is 16.3. The molecule has 2 aromatic rings. The molecule has 0 radical (unpaired) electrons. The van der Waals surface area contributed by atoms with Crippen molar-refractivity contribution in [3.05, 3.63) is 42.6 Å². The number of nitrogens with zero attached hydrogens (tertiary/aromatic N) is 3. The van der Waals surface area contributed by atoms with E-state index < -0.39 is 6.10 Å². The molecule has 0 fully saturated rings. The van der Waals surface area contributed by atoms with Gasteiger partial charge >= 0.3 is 0 Å². The summed E-state index contributed by atoms with van der Waals surface area (Å²) in [7, 11) is 0. The van der Waals surface area contributed by atoms with Gasteiger partial charge in [-0.25, -0.2) is 9.97 Å². The van der Waals surface area contributed by atoms with Crippen LogP contribution in [0.5, 0.6) is 0 Å². The van der Waals surface area contributed by atoms with Gasteiger partial charge in [0.25, 0.3) is 0 Å². The average molecular weight is 189 g/mol.